The number of hydrogen-bond acceptors (Lipinski definition) is 8. The highest BCUT2D eigenvalue weighted by Gasteiger charge is 2.30. The van der Waals surface area contributed by atoms with E-state index in [1.54, 1.807) is 23.4 Å². The summed E-state index contributed by atoms with van der Waals surface area (Å²) in [6, 6.07) is 11.2. The number of rotatable bonds is 8. The molecule has 2 amide bonds. The number of piperazine rings is 1. The van der Waals surface area contributed by atoms with Gasteiger partial charge in [-0.15, -0.1) is 11.3 Å². The highest BCUT2D eigenvalue weighted by atomic mass is 32.1. The number of likely N-dealkylation sites (N-methyl/N-ethyl adjacent to an activating group) is 1. The van der Waals surface area contributed by atoms with Crippen LogP contribution in [0.3, 0.4) is 0 Å². The lowest BCUT2D eigenvalue weighted by molar-refractivity contribution is 0.0994. The molecule has 5 rings (SSSR count). The molecule has 2 aliphatic heterocycles. The lowest BCUT2D eigenvalue weighted by atomic mass is 10.1. The van der Waals surface area contributed by atoms with E-state index >= 15 is 0 Å². The first-order valence-electron chi connectivity index (χ1n) is 12.0. The second kappa shape index (κ2) is 10.7. The van der Waals surface area contributed by atoms with Crippen LogP contribution < -0.4 is 25.2 Å². The molecular weight excluding hydrogens is 476 g/mol. The Balaban J connectivity index is 1.27. The molecule has 9 nitrogen and oxygen atoms in total. The van der Waals surface area contributed by atoms with Crippen LogP contribution >= 0.6 is 11.3 Å². The maximum absolute atomic E-state index is 13.2. The van der Waals surface area contributed by atoms with Gasteiger partial charge in [0, 0.05) is 44.5 Å². The van der Waals surface area contributed by atoms with E-state index in [9.17, 15) is 9.59 Å². The molecule has 2 N–H and O–H groups in total. The highest BCUT2D eigenvalue weighted by Crippen LogP contribution is 2.35. The largest absolute Gasteiger partial charge is 0.492 e. The Labute approximate surface area is 214 Å². The molecule has 36 heavy (non-hydrogen) atoms. The van der Waals surface area contributed by atoms with Crippen molar-refractivity contribution >= 4 is 39.5 Å². The first kappa shape index (κ1) is 24.2. The number of benzene rings is 1. The van der Waals surface area contributed by atoms with Gasteiger partial charge in [-0.3, -0.25) is 19.5 Å². The number of amides is 2. The molecule has 0 unspecified atom stereocenters. The average Bonchev–Trinajstić information content (AvgIpc) is 3.50. The van der Waals surface area contributed by atoms with Gasteiger partial charge in [0.05, 0.1) is 34.0 Å². The number of carbonyl (C=O) groups is 2. The number of nitrogens with zero attached hydrogens (tertiary/aromatic N) is 4. The van der Waals surface area contributed by atoms with Crippen LogP contribution in [0, 0.1) is 0 Å². The number of hydrogen-bond donors (Lipinski definition) is 2. The number of fused-ring (bicyclic) bond motifs is 1. The standard InChI is InChI=1S/C26H30N6O3S/c1-30(2)13-14-35-19-4-3-18-17-32(26(34)20(18)15-19)24-6-5-23(36-24)25(33)29-21-16-28-8-7-22(21)31-11-9-27-10-12-31/h3-8,15-16,27H,9-14,17H2,1-2H3,(H,29,33). The summed E-state index contributed by atoms with van der Waals surface area (Å²) in [5.41, 5.74) is 3.25. The zero-order valence-corrected chi connectivity index (χ0v) is 21.3. The minimum atomic E-state index is -0.212. The Bertz CT molecular complexity index is 1250. The van der Waals surface area contributed by atoms with Crippen LogP contribution in [0.15, 0.2) is 48.8 Å². The molecule has 2 aliphatic rings. The van der Waals surface area contributed by atoms with E-state index in [2.05, 4.69) is 20.5 Å². The van der Waals surface area contributed by atoms with Crippen molar-refractivity contribution in [2.45, 2.75) is 6.54 Å². The molecular formula is C26H30N6O3S. The second-order valence-corrected chi connectivity index (χ2v) is 10.1. The molecule has 3 aromatic rings. The predicted molar refractivity (Wildman–Crippen MR) is 143 cm³/mol. The number of nitrogens with one attached hydrogen (secondary N) is 2. The third kappa shape index (κ3) is 5.20. The van der Waals surface area contributed by atoms with Gasteiger partial charge in [-0.05, 0) is 50.0 Å². The molecule has 1 saturated heterocycles. The first-order valence-corrected chi connectivity index (χ1v) is 12.8. The van der Waals surface area contributed by atoms with Gasteiger partial charge >= 0.3 is 0 Å². The topological polar surface area (TPSA) is 90.0 Å². The first-order chi connectivity index (χ1) is 17.5. The van der Waals surface area contributed by atoms with E-state index in [-0.39, 0.29) is 11.8 Å². The molecule has 4 heterocycles. The Morgan fingerprint density at radius 3 is 2.83 bits per heavy atom. The summed E-state index contributed by atoms with van der Waals surface area (Å²) in [6.45, 7) is 5.38. The Morgan fingerprint density at radius 2 is 2.03 bits per heavy atom. The van der Waals surface area contributed by atoms with Crippen LogP contribution in [0.1, 0.15) is 25.6 Å². The van der Waals surface area contributed by atoms with Crippen molar-refractivity contribution in [2.75, 3.05) is 68.5 Å². The number of anilines is 3. The normalized spacial score (nSPS) is 15.4. The molecule has 10 heteroatoms. The van der Waals surface area contributed by atoms with E-state index in [1.165, 1.54) is 11.3 Å². The van der Waals surface area contributed by atoms with Crippen LogP contribution in [-0.4, -0.2) is 75.1 Å². The molecule has 0 saturated carbocycles. The lowest BCUT2D eigenvalue weighted by Gasteiger charge is -2.30. The summed E-state index contributed by atoms with van der Waals surface area (Å²) in [5.74, 6) is 0.398. The number of carbonyl (C=O) groups excluding carboxylic acids is 2. The van der Waals surface area contributed by atoms with Crippen LogP contribution in [0.25, 0.3) is 0 Å². The van der Waals surface area contributed by atoms with E-state index < -0.39 is 0 Å². The van der Waals surface area contributed by atoms with Crippen LogP contribution in [0.5, 0.6) is 5.75 Å². The molecule has 0 radical (unpaired) electrons. The van der Waals surface area contributed by atoms with E-state index in [1.807, 2.05) is 49.3 Å². The maximum atomic E-state index is 13.2. The summed E-state index contributed by atoms with van der Waals surface area (Å²) in [5, 5.41) is 7.10. The summed E-state index contributed by atoms with van der Waals surface area (Å²) in [6.07, 6.45) is 3.42. The van der Waals surface area contributed by atoms with E-state index in [4.69, 9.17) is 4.74 Å². The molecule has 0 aliphatic carbocycles. The molecule has 1 fully saturated rings. The van der Waals surface area contributed by atoms with Gasteiger partial charge in [0.15, 0.2) is 0 Å². The monoisotopic (exact) mass is 506 g/mol. The summed E-state index contributed by atoms with van der Waals surface area (Å²) in [4.78, 5) is 37.0. The van der Waals surface area contributed by atoms with Gasteiger partial charge in [-0.2, -0.15) is 0 Å². The van der Waals surface area contributed by atoms with Crippen LogP contribution in [0.4, 0.5) is 16.4 Å². The zero-order chi connectivity index (χ0) is 25.1. The fraction of sp³-hybridized carbons (Fsp3) is 0.346. The van der Waals surface area contributed by atoms with Crippen molar-refractivity contribution in [3.63, 3.8) is 0 Å². The van der Waals surface area contributed by atoms with Gasteiger partial charge in [0.25, 0.3) is 11.8 Å². The molecule has 0 atom stereocenters. The molecule has 1 aromatic carbocycles. The lowest BCUT2D eigenvalue weighted by Crippen LogP contribution is -2.43. The SMILES string of the molecule is CN(C)CCOc1ccc2c(c1)C(=O)N(c1ccc(C(=O)Nc3cnccc3N3CCNCC3)s1)C2. The van der Waals surface area contributed by atoms with Gasteiger partial charge in [-0.1, -0.05) is 6.07 Å². The Kier molecular flexibility index (Phi) is 7.17. The van der Waals surface area contributed by atoms with Crippen molar-refractivity contribution in [1.29, 1.82) is 0 Å². The fourth-order valence-corrected chi connectivity index (χ4v) is 5.24. The summed E-state index contributed by atoms with van der Waals surface area (Å²) < 4.78 is 5.80. The smallest absolute Gasteiger partial charge is 0.265 e. The van der Waals surface area contributed by atoms with Gasteiger partial charge in [-0.25, -0.2) is 0 Å². The minimum absolute atomic E-state index is 0.0786. The van der Waals surface area contributed by atoms with Gasteiger partial charge in [0.2, 0.25) is 0 Å². The van der Waals surface area contributed by atoms with Crippen molar-refractivity contribution in [1.82, 2.24) is 15.2 Å². The van der Waals surface area contributed by atoms with Crippen molar-refractivity contribution in [2.24, 2.45) is 0 Å². The van der Waals surface area contributed by atoms with Crippen LogP contribution in [0.2, 0.25) is 0 Å². The number of ether oxygens (including phenoxy) is 1. The number of aromatic nitrogens is 1. The van der Waals surface area contributed by atoms with Crippen LogP contribution in [-0.2, 0) is 6.54 Å². The maximum Gasteiger partial charge on any atom is 0.265 e. The van der Waals surface area contributed by atoms with Gasteiger partial charge in [0.1, 0.15) is 12.4 Å². The Morgan fingerprint density at radius 1 is 1.19 bits per heavy atom. The minimum Gasteiger partial charge on any atom is -0.492 e. The summed E-state index contributed by atoms with van der Waals surface area (Å²) in [7, 11) is 3.98. The third-order valence-electron chi connectivity index (χ3n) is 6.28. The molecule has 188 valence electrons. The summed E-state index contributed by atoms with van der Waals surface area (Å²) >= 11 is 1.31. The van der Waals surface area contributed by atoms with Crippen molar-refractivity contribution in [3.05, 3.63) is 64.8 Å². The number of thiophene rings is 1. The van der Waals surface area contributed by atoms with E-state index in [0.29, 0.717) is 35.0 Å². The van der Waals surface area contributed by atoms with Gasteiger partial charge < -0.3 is 25.2 Å². The van der Waals surface area contributed by atoms with Crippen molar-refractivity contribution in [3.8, 4) is 5.75 Å². The average molecular weight is 507 g/mol. The zero-order valence-electron chi connectivity index (χ0n) is 20.5. The Hall–Kier alpha value is -3.47. The molecule has 0 spiro atoms. The predicted octanol–water partition coefficient (Wildman–Crippen LogP) is 2.91. The molecule has 2 aromatic heterocycles. The quantitative estimate of drug-likeness (QED) is 0.486. The fourth-order valence-electron chi connectivity index (χ4n) is 4.34. The molecule has 0 bridgehead atoms. The number of pyridine rings is 1. The third-order valence-corrected chi connectivity index (χ3v) is 7.39. The second-order valence-electron chi connectivity index (χ2n) is 9.08. The van der Waals surface area contributed by atoms with Crippen molar-refractivity contribution < 1.29 is 14.3 Å². The highest BCUT2D eigenvalue weighted by molar-refractivity contribution is 7.18. The van der Waals surface area contributed by atoms with E-state index in [0.717, 1.165) is 49.0 Å².